The van der Waals surface area contributed by atoms with Crippen LogP contribution >= 0.6 is 0 Å². The lowest BCUT2D eigenvalue weighted by Gasteiger charge is -2.17. The van der Waals surface area contributed by atoms with Crippen LogP contribution in [0.1, 0.15) is 44.6 Å². The molecule has 1 aliphatic heterocycles. The Labute approximate surface area is 146 Å². The van der Waals surface area contributed by atoms with Crippen LogP contribution in [0.4, 0.5) is 0 Å². The molecule has 3 rings (SSSR count). The number of hydrogen-bond acceptors (Lipinski definition) is 2. The molecule has 0 radical (unpaired) electrons. The highest BCUT2D eigenvalue weighted by atomic mass is 15.2. The van der Waals surface area contributed by atoms with E-state index in [0.717, 1.165) is 25.6 Å². The highest BCUT2D eigenvalue weighted by Gasteiger charge is 2.43. The summed E-state index contributed by atoms with van der Waals surface area (Å²) in [6, 6.07) is 10.9. The minimum atomic E-state index is 0.291. The molecule has 24 heavy (non-hydrogen) atoms. The Bertz CT molecular complexity index is 516. The van der Waals surface area contributed by atoms with Crippen molar-refractivity contribution in [3.8, 4) is 0 Å². The summed E-state index contributed by atoms with van der Waals surface area (Å²) in [6.07, 6.45) is 6.45. The standard InChI is InChI=1S/C20H32N4/c1-2-21-19(22-13-8-16-24-14-6-7-15-24)23-17-20(11-12-20)18-9-4-3-5-10-18/h3-5,9-10H,2,6-8,11-17H2,1H3,(H2,21,22,23). The summed E-state index contributed by atoms with van der Waals surface area (Å²) < 4.78 is 0. The molecule has 4 nitrogen and oxygen atoms in total. The molecule has 0 bridgehead atoms. The van der Waals surface area contributed by atoms with Crippen LogP contribution in [0.2, 0.25) is 0 Å². The molecule has 2 fully saturated rings. The van der Waals surface area contributed by atoms with Crippen LogP contribution in [0.25, 0.3) is 0 Å². The molecule has 0 amide bonds. The van der Waals surface area contributed by atoms with Crippen LogP contribution in [0.15, 0.2) is 35.3 Å². The third-order valence-electron chi connectivity index (χ3n) is 5.27. The fourth-order valence-electron chi connectivity index (χ4n) is 3.57. The Kier molecular flexibility index (Phi) is 6.13. The number of rotatable bonds is 8. The van der Waals surface area contributed by atoms with E-state index in [2.05, 4.69) is 52.8 Å². The van der Waals surface area contributed by atoms with Gasteiger partial charge in [0.15, 0.2) is 5.96 Å². The van der Waals surface area contributed by atoms with Crippen molar-refractivity contribution in [3.63, 3.8) is 0 Å². The van der Waals surface area contributed by atoms with Crippen molar-refractivity contribution < 1.29 is 0 Å². The van der Waals surface area contributed by atoms with Crippen LogP contribution in [0.3, 0.4) is 0 Å². The average molecular weight is 329 g/mol. The van der Waals surface area contributed by atoms with Crippen molar-refractivity contribution >= 4 is 5.96 Å². The maximum Gasteiger partial charge on any atom is 0.191 e. The fourth-order valence-corrected chi connectivity index (χ4v) is 3.57. The number of aliphatic imine (C=N–C) groups is 1. The van der Waals surface area contributed by atoms with Gasteiger partial charge in [0, 0.05) is 18.5 Å². The van der Waals surface area contributed by atoms with Gasteiger partial charge >= 0.3 is 0 Å². The Morgan fingerprint density at radius 2 is 1.88 bits per heavy atom. The van der Waals surface area contributed by atoms with Crippen molar-refractivity contribution in [1.82, 2.24) is 15.5 Å². The molecular weight excluding hydrogens is 296 g/mol. The normalized spacial score (nSPS) is 20.1. The van der Waals surface area contributed by atoms with Gasteiger partial charge in [0.05, 0.1) is 6.54 Å². The van der Waals surface area contributed by atoms with Crippen molar-refractivity contribution in [2.75, 3.05) is 39.3 Å². The van der Waals surface area contributed by atoms with Gasteiger partial charge in [-0.2, -0.15) is 0 Å². The Hall–Kier alpha value is -1.55. The van der Waals surface area contributed by atoms with Crippen molar-refractivity contribution in [1.29, 1.82) is 0 Å². The second-order valence-electron chi connectivity index (χ2n) is 7.17. The van der Waals surface area contributed by atoms with Crippen molar-refractivity contribution in [2.24, 2.45) is 4.99 Å². The van der Waals surface area contributed by atoms with Crippen molar-refractivity contribution in [2.45, 2.75) is 44.4 Å². The molecule has 1 aromatic carbocycles. The van der Waals surface area contributed by atoms with Crippen LogP contribution in [0.5, 0.6) is 0 Å². The summed E-state index contributed by atoms with van der Waals surface area (Å²) in [7, 11) is 0. The molecule has 132 valence electrons. The molecule has 0 atom stereocenters. The lowest BCUT2D eigenvalue weighted by Crippen LogP contribution is -2.39. The van der Waals surface area contributed by atoms with Crippen LogP contribution in [0, 0.1) is 0 Å². The summed E-state index contributed by atoms with van der Waals surface area (Å²) in [5.74, 6) is 0.973. The van der Waals surface area contributed by atoms with Crippen molar-refractivity contribution in [3.05, 3.63) is 35.9 Å². The summed E-state index contributed by atoms with van der Waals surface area (Å²) in [4.78, 5) is 7.44. The SMILES string of the molecule is CCNC(=NCC1(c2ccccc2)CC1)NCCCN1CCCC1. The van der Waals surface area contributed by atoms with Crippen LogP contribution < -0.4 is 10.6 Å². The van der Waals surface area contributed by atoms with Gasteiger partial charge in [-0.25, -0.2) is 0 Å². The van der Waals surface area contributed by atoms with Gasteiger partial charge in [0.25, 0.3) is 0 Å². The summed E-state index contributed by atoms with van der Waals surface area (Å²) in [6.45, 7) is 8.71. The van der Waals surface area contributed by atoms with E-state index >= 15 is 0 Å². The highest BCUT2D eigenvalue weighted by molar-refractivity contribution is 5.79. The number of hydrogen-bond donors (Lipinski definition) is 2. The maximum atomic E-state index is 4.87. The monoisotopic (exact) mass is 328 g/mol. The zero-order valence-corrected chi connectivity index (χ0v) is 15.1. The number of nitrogens with zero attached hydrogens (tertiary/aromatic N) is 2. The van der Waals surface area contributed by atoms with Gasteiger partial charge < -0.3 is 15.5 Å². The first-order chi connectivity index (χ1) is 11.8. The number of nitrogens with one attached hydrogen (secondary N) is 2. The molecule has 1 saturated carbocycles. The number of guanidine groups is 1. The van der Waals surface area contributed by atoms with E-state index in [1.54, 1.807) is 0 Å². The lowest BCUT2D eigenvalue weighted by molar-refractivity contribution is 0.334. The van der Waals surface area contributed by atoms with Gasteiger partial charge in [-0.3, -0.25) is 4.99 Å². The van der Waals surface area contributed by atoms with Gasteiger partial charge in [-0.05, 0) is 64.2 Å². The second kappa shape index (κ2) is 8.52. The molecular formula is C20H32N4. The molecule has 1 aliphatic carbocycles. The summed E-state index contributed by atoms with van der Waals surface area (Å²) in [5.41, 5.74) is 1.73. The Morgan fingerprint density at radius 1 is 1.12 bits per heavy atom. The minimum Gasteiger partial charge on any atom is -0.357 e. The smallest absolute Gasteiger partial charge is 0.191 e. The van der Waals surface area contributed by atoms with E-state index in [-0.39, 0.29) is 0 Å². The molecule has 0 aromatic heterocycles. The van der Waals surface area contributed by atoms with E-state index in [1.807, 2.05) is 0 Å². The van der Waals surface area contributed by atoms with Gasteiger partial charge in [0.1, 0.15) is 0 Å². The average Bonchev–Trinajstić information content (AvgIpc) is 3.24. The first-order valence-corrected chi connectivity index (χ1v) is 9.62. The van der Waals surface area contributed by atoms with E-state index in [1.165, 1.54) is 57.3 Å². The lowest BCUT2D eigenvalue weighted by atomic mass is 9.96. The number of benzene rings is 1. The zero-order valence-electron chi connectivity index (χ0n) is 15.1. The molecule has 2 N–H and O–H groups in total. The number of likely N-dealkylation sites (tertiary alicyclic amines) is 1. The maximum absolute atomic E-state index is 4.87. The van der Waals surface area contributed by atoms with E-state index in [0.29, 0.717) is 5.41 Å². The largest absolute Gasteiger partial charge is 0.357 e. The van der Waals surface area contributed by atoms with Gasteiger partial charge in [0.2, 0.25) is 0 Å². The summed E-state index contributed by atoms with van der Waals surface area (Å²) >= 11 is 0. The quantitative estimate of drug-likeness (QED) is 0.438. The molecule has 1 saturated heterocycles. The van der Waals surface area contributed by atoms with Crippen LogP contribution in [-0.4, -0.2) is 50.1 Å². The predicted octanol–water partition coefficient (Wildman–Crippen LogP) is 2.76. The van der Waals surface area contributed by atoms with Crippen LogP contribution in [-0.2, 0) is 5.41 Å². The van der Waals surface area contributed by atoms with Gasteiger partial charge in [-0.15, -0.1) is 0 Å². The van der Waals surface area contributed by atoms with E-state index in [9.17, 15) is 0 Å². The third kappa shape index (κ3) is 4.73. The molecule has 0 spiro atoms. The topological polar surface area (TPSA) is 39.7 Å². The molecule has 4 heteroatoms. The zero-order chi connectivity index (χ0) is 16.7. The molecule has 1 heterocycles. The molecule has 1 aromatic rings. The fraction of sp³-hybridized carbons (Fsp3) is 0.650. The predicted molar refractivity (Wildman–Crippen MR) is 102 cm³/mol. The highest BCUT2D eigenvalue weighted by Crippen LogP contribution is 2.48. The second-order valence-corrected chi connectivity index (χ2v) is 7.17. The molecule has 2 aliphatic rings. The third-order valence-corrected chi connectivity index (χ3v) is 5.27. The molecule has 0 unspecified atom stereocenters. The first kappa shape index (κ1) is 17.3. The summed E-state index contributed by atoms with van der Waals surface area (Å²) in [5, 5.41) is 6.90. The van der Waals surface area contributed by atoms with E-state index in [4.69, 9.17) is 4.99 Å². The Balaban J connectivity index is 1.46. The van der Waals surface area contributed by atoms with Gasteiger partial charge in [-0.1, -0.05) is 30.3 Å². The first-order valence-electron chi connectivity index (χ1n) is 9.62. The Morgan fingerprint density at radius 3 is 2.54 bits per heavy atom. The minimum absolute atomic E-state index is 0.291. The van der Waals surface area contributed by atoms with E-state index < -0.39 is 0 Å².